The number of ether oxygens (including phenoxy) is 2. The number of amides is 1. The third-order valence-corrected chi connectivity index (χ3v) is 3.69. The minimum absolute atomic E-state index is 0.265. The Kier molecular flexibility index (Phi) is 6.65. The van der Waals surface area contributed by atoms with Crippen LogP contribution in [0.15, 0.2) is 47.6 Å². The van der Waals surface area contributed by atoms with Gasteiger partial charge < -0.3 is 14.8 Å². The van der Waals surface area contributed by atoms with Crippen LogP contribution in [0, 0.1) is 0 Å². The van der Waals surface area contributed by atoms with E-state index in [1.54, 1.807) is 63.6 Å². The lowest BCUT2D eigenvalue weighted by Crippen LogP contribution is -2.34. The van der Waals surface area contributed by atoms with Gasteiger partial charge in [-0.05, 0) is 43.3 Å². The molecule has 1 unspecified atom stereocenters. The second-order valence-electron chi connectivity index (χ2n) is 5.22. The largest absolute Gasteiger partial charge is 0.497 e. The maximum atomic E-state index is 12.1. The summed E-state index contributed by atoms with van der Waals surface area (Å²) < 4.78 is 10.4. The zero-order valence-electron chi connectivity index (χ0n) is 14.2. The quantitative estimate of drug-likeness (QED) is 0.586. The summed E-state index contributed by atoms with van der Waals surface area (Å²) in [5.41, 5.74) is 4.02. The fourth-order valence-corrected chi connectivity index (χ4v) is 2.18. The van der Waals surface area contributed by atoms with Gasteiger partial charge in [-0.2, -0.15) is 5.10 Å². The number of rotatable bonds is 7. The van der Waals surface area contributed by atoms with Gasteiger partial charge in [-0.15, -0.1) is 0 Å². The van der Waals surface area contributed by atoms with Crippen molar-refractivity contribution in [2.75, 3.05) is 19.5 Å². The minimum Gasteiger partial charge on any atom is -0.497 e. The normalized spacial score (nSPS) is 11.8. The average Bonchev–Trinajstić information content (AvgIpc) is 2.63. The standard InChI is InChI=1S/C18H20ClN3O3/c1-12(21-15-7-5-14(19)6-8-15)18(23)22-20-11-13-4-9-16(24-2)10-17(13)25-3/h4-12,21H,1-3H3,(H,22,23)/b20-11+. The minimum atomic E-state index is -0.462. The molecular formula is C18H20ClN3O3. The third-order valence-electron chi connectivity index (χ3n) is 3.44. The van der Waals surface area contributed by atoms with Crippen LogP contribution in [0.5, 0.6) is 11.5 Å². The van der Waals surface area contributed by atoms with Crippen LogP contribution in [0.4, 0.5) is 5.69 Å². The van der Waals surface area contributed by atoms with Crippen LogP contribution in [-0.2, 0) is 4.79 Å². The molecule has 25 heavy (non-hydrogen) atoms. The highest BCUT2D eigenvalue weighted by Gasteiger charge is 2.11. The highest BCUT2D eigenvalue weighted by Crippen LogP contribution is 2.23. The predicted molar refractivity (Wildman–Crippen MR) is 99.8 cm³/mol. The van der Waals surface area contributed by atoms with Crippen molar-refractivity contribution < 1.29 is 14.3 Å². The second kappa shape index (κ2) is 8.94. The zero-order valence-corrected chi connectivity index (χ0v) is 15.0. The van der Waals surface area contributed by atoms with Gasteiger partial charge in [0.15, 0.2) is 0 Å². The molecule has 0 saturated heterocycles. The zero-order chi connectivity index (χ0) is 18.2. The Balaban J connectivity index is 1.94. The third kappa shape index (κ3) is 5.39. The first-order valence-corrected chi connectivity index (χ1v) is 7.98. The highest BCUT2D eigenvalue weighted by molar-refractivity contribution is 6.30. The van der Waals surface area contributed by atoms with Gasteiger partial charge in [-0.25, -0.2) is 5.43 Å². The number of methoxy groups -OCH3 is 2. The smallest absolute Gasteiger partial charge is 0.262 e. The van der Waals surface area contributed by atoms with E-state index >= 15 is 0 Å². The number of carbonyl (C=O) groups excluding carboxylic acids is 1. The van der Waals surface area contributed by atoms with Crippen LogP contribution in [0.1, 0.15) is 12.5 Å². The molecule has 0 aliphatic heterocycles. The van der Waals surface area contributed by atoms with Crippen molar-refractivity contribution in [2.24, 2.45) is 5.10 Å². The molecule has 6 nitrogen and oxygen atoms in total. The number of nitrogens with one attached hydrogen (secondary N) is 2. The summed E-state index contributed by atoms with van der Waals surface area (Å²) in [5.74, 6) is 1.02. The molecule has 1 amide bonds. The van der Waals surface area contributed by atoms with E-state index in [0.717, 1.165) is 11.3 Å². The molecule has 132 valence electrons. The summed E-state index contributed by atoms with van der Waals surface area (Å²) in [6.45, 7) is 1.74. The summed E-state index contributed by atoms with van der Waals surface area (Å²) in [6.07, 6.45) is 1.52. The fourth-order valence-electron chi connectivity index (χ4n) is 2.05. The first kappa shape index (κ1) is 18.6. The number of nitrogens with zero attached hydrogens (tertiary/aromatic N) is 1. The van der Waals surface area contributed by atoms with Crippen LogP contribution in [-0.4, -0.2) is 32.4 Å². The number of hydrogen-bond donors (Lipinski definition) is 2. The van der Waals surface area contributed by atoms with Crippen molar-refractivity contribution >= 4 is 29.4 Å². The fraction of sp³-hybridized carbons (Fsp3) is 0.222. The Morgan fingerprint density at radius 2 is 1.88 bits per heavy atom. The van der Waals surface area contributed by atoms with Crippen molar-refractivity contribution in [3.05, 3.63) is 53.1 Å². The SMILES string of the molecule is COc1ccc(/C=N/NC(=O)C(C)Nc2ccc(Cl)cc2)c(OC)c1. The van der Waals surface area contributed by atoms with E-state index in [1.807, 2.05) is 0 Å². The van der Waals surface area contributed by atoms with Crippen LogP contribution >= 0.6 is 11.6 Å². The van der Waals surface area contributed by atoms with E-state index < -0.39 is 6.04 Å². The topological polar surface area (TPSA) is 72.0 Å². The molecule has 0 aliphatic carbocycles. The van der Waals surface area contributed by atoms with Crippen molar-refractivity contribution in [3.63, 3.8) is 0 Å². The van der Waals surface area contributed by atoms with E-state index in [4.69, 9.17) is 21.1 Å². The number of halogens is 1. The van der Waals surface area contributed by atoms with E-state index in [2.05, 4.69) is 15.8 Å². The summed E-state index contributed by atoms with van der Waals surface area (Å²) >= 11 is 5.84. The first-order valence-electron chi connectivity index (χ1n) is 7.60. The Morgan fingerprint density at radius 1 is 1.16 bits per heavy atom. The molecule has 0 saturated carbocycles. The number of benzene rings is 2. The Morgan fingerprint density at radius 3 is 2.52 bits per heavy atom. The van der Waals surface area contributed by atoms with Crippen LogP contribution in [0.3, 0.4) is 0 Å². The summed E-state index contributed by atoms with van der Waals surface area (Å²) in [6, 6.07) is 12.0. The molecule has 0 bridgehead atoms. The summed E-state index contributed by atoms with van der Waals surface area (Å²) in [4.78, 5) is 12.1. The van der Waals surface area contributed by atoms with Crippen LogP contribution in [0.25, 0.3) is 0 Å². The molecule has 2 N–H and O–H groups in total. The van der Waals surface area contributed by atoms with Gasteiger partial charge in [0.1, 0.15) is 17.5 Å². The Labute approximate surface area is 151 Å². The molecule has 2 aromatic rings. The molecule has 0 fully saturated rings. The maximum absolute atomic E-state index is 12.1. The van der Waals surface area contributed by atoms with Crippen LogP contribution in [0.2, 0.25) is 5.02 Å². The summed E-state index contributed by atoms with van der Waals surface area (Å²) in [7, 11) is 3.14. The van der Waals surface area contributed by atoms with Gasteiger partial charge in [0, 0.05) is 22.3 Å². The molecule has 1 atom stereocenters. The van der Waals surface area contributed by atoms with Gasteiger partial charge in [-0.1, -0.05) is 11.6 Å². The molecule has 0 radical (unpaired) electrons. The Hall–Kier alpha value is -2.73. The second-order valence-corrected chi connectivity index (χ2v) is 5.65. The number of anilines is 1. The lowest BCUT2D eigenvalue weighted by Gasteiger charge is -2.13. The predicted octanol–water partition coefficient (Wildman–Crippen LogP) is 3.31. The van der Waals surface area contributed by atoms with Crippen molar-refractivity contribution in [3.8, 4) is 11.5 Å². The number of hydrogen-bond acceptors (Lipinski definition) is 5. The lowest BCUT2D eigenvalue weighted by molar-refractivity contribution is -0.121. The molecule has 0 aliphatic rings. The molecule has 0 heterocycles. The number of carbonyl (C=O) groups is 1. The van der Waals surface area contributed by atoms with Crippen molar-refractivity contribution in [2.45, 2.75) is 13.0 Å². The maximum Gasteiger partial charge on any atom is 0.262 e. The van der Waals surface area contributed by atoms with Gasteiger partial charge in [0.2, 0.25) is 0 Å². The molecular weight excluding hydrogens is 342 g/mol. The van der Waals surface area contributed by atoms with Gasteiger partial charge >= 0.3 is 0 Å². The van der Waals surface area contributed by atoms with E-state index in [1.165, 1.54) is 6.21 Å². The monoisotopic (exact) mass is 361 g/mol. The van der Waals surface area contributed by atoms with E-state index in [-0.39, 0.29) is 5.91 Å². The lowest BCUT2D eigenvalue weighted by atomic mass is 10.2. The van der Waals surface area contributed by atoms with Crippen molar-refractivity contribution in [1.29, 1.82) is 0 Å². The van der Waals surface area contributed by atoms with Crippen LogP contribution < -0.4 is 20.2 Å². The Bertz CT molecular complexity index is 748. The van der Waals surface area contributed by atoms with E-state index in [0.29, 0.717) is 16.5 Å². The van der Waals surface area contributed by atoms with Gasteiger partial charge in [0.25, 0.3) is 5.91 Å². The molecule has 2 aromatic carbocycles. The van der Waals surface area contributed by atoms with Gasteiger partial charge in [0.05, 0.1) is 20.4 Å². The molecule has 0 spiro atoms. The first-order chi connectivity index (χ1) is 12.0. The molecule has 2 rings (SSSR count). The molecule has 7 heteroatoms. The number of hydrazone groups is 1. The van der Waals surface area contributed by atoms with E-state index in [9.17, 15) is 4.79 Å². The summed E-state index contributed by atoms with van der Waals surface area (Å²) in [5, 5.41) is 7.68. The highest BCUT2D eigenvalue weighted by atomic mass is 35.5. The average molecular weight is 362 g/mol. The van der Waals surface area contributed by atoms with Crippen molar-refractivity contribution in [1.82, 2.24) is 5.43 Å². The van der Waals surface area contributed by atoms with Gasteiger partial charge in [-0.3, -0.25) is 4.79 Å². The molecule has 0 aromatic heterocycles.